The van der Waals surface area contributed by atoms with Gasteiger partial charge in [0.1, 0.15) is 0 Å². The van der Waals surface area contributed by atoms with Gasteiger partial charge in [0, 0.05) is 17.4 Å². The summed E-state index contributed by atoms with van der Waals surface area (Å²) in [5, 5.41) is 3.74. The molecule has 1 aromatic carbocycles. The Morgan fingerprint density at radius 1 is 1.33 bits per heavy atom. The highest BCUT2D eigenvalue weighted by molar-refractivity contribution is 9.08. The van der Waals surface area contributed by atoms with Gasteiger partial charge < -0.3 is 5.32 Å². The molecule has 0 aliphatic heterocycles. The van der Waals surface area contributed by atoms with E-state index in [4.69, 9.17) is 0 Å². The first-order valence-electron chi connectivity index (χ1n) is 6.28. The maximum Gasteiger partial charge on any atom is 0.224 e. The van der Waals surface area contributed by atoms with E-state index in [9.17, 15) is 4.79 Å². The third-order valence-corrected chi connectivity index (χ3v) is 4.01. The van der Waals surface area contributed by atoms with Crippen LogP contribution in [0.15, 0.2) is 24.3 Å². The van der Waals surface area contributed by atoms with Crippen molar-refractivity contribution < 1.29 is 4.79 Å². The van der Waals surface area contributed by atoms with Gasteiger partial charge >= 0.3 is 0 Å². The number of nitrogens with one attached hydrogen (secondary N) is 1. The van der Waals surface area contributed by atoms with Gasteiger partial charge in [-0.1, -0.05) is 61.8 Å². The predicted molar refractivity (Wildman–Crippen MR) is 80.9 cm³/mol. The third kappa shape index (κ3) is 4.45. The highest BCUT2D eigenvalue weighted by Gasteiger charge is 2.22. The van der Waals surface area contributed by atoms with Crippen molar-refractivity contribution in [1.29, 1.82) is 0 Å². The average Bonchev–Trinajstić information content (AvgIpc) is 2.28. The molecule has 0 aromatic heterocycles. The average molecular weight is 312 g/mol. The number of anilines is 1. The van der Waals surface area contributed by atoms with Crippen LogP contribution in [0.5, 0.6) is 0 Å². The molecule has 100 valence electrons. The molecular weight excluding hydrogens is 290 g/mol. The van der Waals surface area contributed by atoms with Crippen LogP contribution >= 0.6 is 15.9 Å². The lowest BCUT2D eigenvalue weighted by Crippen LogP contribution is -2.24. The number of hydrogen-bond acceptors (Lipinski definition) is 1. The van der Waals surface area contributed by atoms with Gasteiger partial charge in [0.2, 0.25) is 5.91 Å². The Kier molecular flexibility index (Phi) is 5.39. The van der Waals surface area contributed by atoms with Crippen molar-refractivity contribution in [2.24, 2.45) is 11.3 Å². The lowest BCUT2D eigenvalue weighted by molar-refractivity contribution is -0.117. The van der Waals surface area contributed by atoms with E-state index < -0.39 is 0 Å². The molecule has 0 radical (unpaired) electrons. The Labute approximate surface area is 118 Å². The second-order valence-corrected chi connectivity index (χ2v) is 6.37. The van der Waals surface area contributed by atoms with E-state index in [0.29, 0.717) is 12.3 Å². The summed E-state index contributed by atoms with van der Waals surface area (Å²) >= 11 is 3.43. The van der Waals surface area contributed by atoms with Crippen LogP contribution in [0.2, 0.25) is 0 Å². The molecule has 1 unspecified atom stereocenters. The molecule has 0 saturated carbocycles. The maximum absolute atomic E-state index is 12.0. The molecule has 2 nitrogen and oxygen atoms in total. The zero-order valence-corrected chi connectivity index (χ0v) is 13.2. The number of amides is 1. The summed E-state index contributed by atoms with van der Waals surface area (Å²) in [6.45, 7) is 8.61. The van der Waals surface area contributed by atoms with Crippen LogP contribution in [0.4, 0.5) is 5.69 Å². The Morgan fingerprint density at radius 2 is 1.94 bits per heavy atom. The summed E-state index contributed by atoms with van der Waals surface area (Å²) < 4.78 is 0. The van der Waals surface area contributed by atoms with Gasteiger partial charge in [0.05, 0.1) is 0 Å². The molecule has 1 amide bonds. The van der Waals surface area contributed by atoms with E-state index in [1.54, 1.807) is 0 Å². The van der Waals surface area contributed by atoms with E-state index >= 15 is 0 Å². The quantitative estimate of drug-likeness (QED) is 0.809. The smallest absolute Gasteiger partial charge is 0.224 e. The Morgan fingerprint density at radius 3 is 2.50 bits per heavy atom. The van der Waals surface area contributed by atoms with Gasteiger partial charge in [-0.15, -0.1) is 0 Å². The summed E-state index contributed by atoms with van der Waals surface area (Å²) in [5.74, 6) is 0.444. The van der Waals surface area contributed by atoms with Crippen LogP contribution in [0.25, 0.3) is 0 Å². The molecule has 0 heterocycles. The fraction of sp³-hybridized carbons (Fsp3) is 0.533. The van der Waals surface area contributed by atoms with Gasteiger partial charge in [0.25, 0.3) is 0 Å². The second-order valence-electron chi connectivity index (χ2n) is 5.81. The topological polar surface area (TPSA) is 29.1 Å². The minimum absolute atomic E-state index is 0.0887. The van der Waals surface area contributed by atoms with Crippen LogP contribution in [-0.4, -0.2) is 5.91 Å². The third-order valence-electron chi connectivity index (χ3n) is 3.41. The van der Waals surface area contributed by atoms with Crippen molar-refractivity contribution in [3.05, 3.63) is 29.8 Å². The zero-order chi connectivity index (χ0) is 13.8. The molecule has 0 saturated heterocycles. The highest BCUT2D eigenvalue weighted by atomic mass is 79.9. The molecular formula is C15H22BrNO. The van der Waals surface area contributed by atoms with E-state index in [2.05, 4.69) is 48.9 Å². The van der Waals surface area contributed by atoms with E-state index in [1.807, 2.05) is 24.3 Å². The molecule has 1 N–H and O–H groups in total. The number of halogens is 1. The van der Waals surface area contributed by atoms with Crippen molar-refractivity contribution in [2.75, 3.05) is 5.32 Å². The van der Waals surface area contributed by atoms with Gasteiger partial charge in [-0.2, -0.15) is 0 Å². The zero-order valence-electron chi connectivity index (χ0n) is 11.6. The lowest BCUT2D eigenvalue weighted by atomic mass is 9.80. The normalized spacial score (nSPS) is 13.2. The fourth-order valence-electron chi connectivity index (χ4n) is 1.54. The largest absolute Gasteiger partial charge is 0.326 e. The van der Waals surface area contributed by atoms with Crippen molar-refractivity contribution in [3.8, 4) is 0 Å². The fourth-order valence-corrected chi connectivity index (χ4v) is 2.03. The van der Waals surface area contributed by atoms with Crippen molar-refractivity contribution in [3.63, 3.8) is 0 Å². The Bertz CT molecular complexity index is 409. The summed E-state index contributed by atoms with van der Waals surface area (Å²) in [4.78, 5) is 12.0. The molecule has 0 aliphatic carbocycles. The molecule has 3 heteroatoms. The van der Waals surface area contributed by atoms with Crippen LogP contribution in [0.3, 0.4) is 0 Å². The first kappa shape index (κ1) is 15.2. The Hall–Kier alpha value is -0.830. The van der Waals surface area contributed by atoms with Crippen molar-refractivity contribution >= 4 is 27.5 Å². The number of benzene rings is 1. The molecule has 0 aliphatic rings. The van der Waals surface area contributed by atoms with E-state index in [0.717, 1.165) is 16.6 Å². The number of alkyl halides is 1. The molecule has 18 heavy (non-hydrogen) atoms. The lowest BCUT2D eigenvalue weighted by Gasteiger charge is -2.26. The maximum atomic E-state index is 12.0. The number of para-hydroxylation sites is 1. The first-order chi connectivity index (χ1) is 8.34. The first-order valence-corrected chi connectivity index (χ1v) is 7.40. The summed E-state index contributed by atoms with van der Waals surface area (Å²) in [5.41, 5.74) is 2.17. The molecule has 1 atom stereocenters. The monoisotopic (exact) mass is 311 g/mol. The molecule has 0 fully saturated rings. The standard InChI is InChI=1S/C15H22BrNO/c1-11(15(2,3)4)9-14(18)17-13-8-6-5-7-12(13)10-16/h5-8,11H,9-10H2,1-4H3,(H,17,18). The number of hydrogen-bond donors (Lipinski definition) is 1. The van der Waals surface area contributed by atoms with Crippen LogP contribution in [-0.2, 0) is 10.1 Å². The second kappa shape index (κ2) is 6.37. The molecule has 0 spiro atoms. The van der Waals surface area contributed by atoms with Gasteiger partial charge in [-0.25, -0.2) is 0 Å². The van der Waals surface area contributed by atoms with Crippen molar-refractivity contribution in [1.82, 2.24) is 0 Å². The van der Waals surface area contributed by atoms with Crippen LogP contribution < -0.4 is 5.32 Å². The number of carbonyl (C=O) groups is 1. The Balaban J connectivity index is 2.65. The SMILES string of the molecule is CC(CC(=O)Nc1ccccc1CBr)C(C)(C)C. The molecule has 0 bridgehead atoms. The number of rotatable bonds is 4. The van der Waals surface area contributed by atoms with E-state index in [1.165, 1.54) is 0 Å². The summed E-state index contributed by atoms with van der Waals surface area (Å²) in [7, 11) is 0. The van der Waals surface area contributed by atoms with Gasteiger partial charge in [-0.3, -0.25) is 4.79 Å². The summed E-state index contributed by atoms with van der Waals surface area (Å²) in [6.07, 6.45) is 0.556. The predicted octanol–water partition coefficient (Wildman–Crippen LogP) is 4.59. The van der Waals surface area contributed by atoms with Gasteiger partial charge in [-0.05, 0) is 23.0 Å². The minimum atomic E-state index is 0.0887. The van der Waals surface area contributed by atoms with Crippen molar-refractivity contribution in [2.45, 2.75) is 39.4 Å². The number of carbonyl (C=O) groups excluding carboxylic acids is 1. The summed E-state index contributed by atoms with van der Waals surface area (Å²) in [6, 6.07) is 7.87. The minimum Gasteiger partial charge on any atom is -0.326 e. The van der Waals surface area contributed by atoms with E-state index in [-0.39, 0.29) is 11.3 Å². The molecule has 1 rings (SSSR count). The van der Waals surface area contributed by atoms with Crippen LogP contribution in [0, 0.1) is 11.3 Å². The van der Waals surface area contributed by atoms with Crippen LogP contribution in [0.1, 0.15) is 39.7 Å². The molecule has 1 aromatic rings. The van der Waals surface area contributed by atoms with Gasteiger partial charge in [0.15, 0.2) is 0 Å². The highest BCUT2D eigenvalue weighted by Crippen LogP contribution is 2.28.